The van der Waals surface area contributed by atoms with Crippen LogP contribution < -0.4 is 15.4 Å². The number of rotatable bonds is 3. The topological polar surface area (TPSA) is 63.7 Å². The van der Waals surface area contributed by atoms with Crippen molar-refractivity contribution < 1.29 is 4.74 Å². The van der Waals surface area contributed by atoms with Gasteiger partial charge >= 0.3 is 0 Å². The molecule has 2 heterocycles. The molecule has 1 unspecified atom stereocenters. The Balaban J connectivity index is 1.92. The lowest BCUT2D eigenvalue weighted by molar-refractivity contribution is 0.397. The quantitative estimate of drug-likeness (QED) is 0.946. The van der Waals surface area contributed by atoms with Gasteiger partial charge in [-0.1, -0.05) is 11.6 Å². The third-order valence-electron chi connectivity index (χ3n) is 3.44. The fourth-order valence-corrected chi connectivity index (χ4v) is 2.50. The zero-order chi connectivity index (χ0) is 14.8. The highest BCUT2D eigenvalue weighted by Crippen LogP contribution is 2.31. The van der Waals surface area contributed by atoms with E-state index in [1.54, 1.807) is 13.3 Å². The van der Waals surface area contributed by atoms with Gasteiger partial charge in [-0.25, -0.2) is 4.98 Å². The minimum Gasteiger partial charge on any atom is -0.481 e. The number of nitrogens with two attached hydrogens (primary N) is 1. The SMILES string of the molecule is COc1ccc(C2CN=C(N)N2c2ccc(Cl)cc2)cn1. The van der Waals surface area contributed by atoms with Crippen LogP contribution >= 0.6 is 11.6 Å². The molecule has 0 spiro atoms. The van der Waals surface area contributed by atoms with Crippen LogP contribution in [0.5, 0.6) is 5.88 Å². The maximum absolute atomic E-state index is 6.03. The third kappa shape index (κ3) is 2.64. The number of hydrogen-bond donors (Lipinski definition) is 1. The second-order valence-electron chi connectivity index (χ2n) is 4.69. The van der Waals surface area contributed by atoms with Gasteiger partial charge in [0.1, 0.15) is 0 Å². The van der Waals surface area contributed by atoms with Crippen molar-refractivity contribution in [1.82, 2.24) is 4.98 Å². The number of guanidine groups is 1. The van der Waals surface area contributed by atoms with Gasteiger partial charge in [-0.05, 0) is 35.9 Å². The van der Waals surface area contributed by atoms with Gasteiger partial charge in [0.25, 0.3) is 0 Å². The van der Waals surface area contributed by atoms with Gasteiger partial charge in [0.2, 0.25) is 5.88 Å². The summed E-state index contributed by atoms with van der Waals surface area (Å²) in [4.78, 5) is 10.6. The first-order valence-corrected chi connectivity index (χ1v) is 6.91. The summed E-state index contributed by atoms with van der Waals surface area (Å²) < 4.78 is 5.08. The van der Waals surface area contributed by atoms with Crippen LogP contribution in [0.4, 0.5) is 5.69 Å². The van der Waals surface area contributed by atoms with E-state index in [9.17, 15) is 0 Å². The van der Waals surface area contributed by atoms with E-state index in [4.69, 9.17) is 22.1 Å². The number of hydrogen-bond acceptors (Lipinski definition) is 5. The van der Waals surface area contributed by atoms with Crippen molar-refractivity contribution in [2.24, 2.45) is 10.7 Å². The van der Waals surface area contributed by atoms with Crippen molar-refractivity contribution in [1.29, 1.82) is 0 Å². The molecule has 0 saturated carbocycles. The second kappa shape index (κ2) is 5.61. The Labute approximate surface area is 128 Å². The van der Waals surface area contributed by atoms with Crippen molar-refractivity contribution in [2.75, 3.05) is 18.6 Å². The number of aromatic nitrogens is 1. The number of methoxy groups -OCH3 is 1. The lowest BCUT2D eigenvalue weighted by Crippen LogP contribution is -2.36. The van der Waals surface area contributed by atoms with Gasteiger partial charge < -0.3 is 15.4 Å². The van der Waals surface area contributed by atoms with Crippen molar-refractivity contribution in [3.05, 3.63) is 53.2 Å². The van der Waals surface area contributed by atoms with Gasteiger partial charge in [-0.3, -0.25) is 4.99 Å². The highest BCUT2D eigenvalue weighted by Gasteiger charge is 2.29. The average molecular weight is 303 g/mol. The molecule has 21 heavy (non-hydrogen) atoms. The largest absolute Gasteiger partial charge is 0.481 e. The maximum atomic E-state index is 6.03. The highest BCUT2D eigenvalue weighted by atomic mass is 35.5. The maximum Gasteiger partial charge on any atom is 0.212 e. The van der Waals surface area contributed by atoms with E-state index in [0.29, 0.717) is 23.4 Å². The third-order valence-corrected chi connectivity index (χ3v) is 3.69. The van der Waals surface area contributed by atoms with Crippen LogP contribution in [0, 0.1) is 0 Å². The van der Waals surface area contributed by atoms with Crippen molar-refractivity contribution >= 4 is 23.2 Å². The molecular formula is C15H15ClN4O. The number of anilines is 1. The lowest BCUT2D eigenvalue weighted by Gasteiger charge is -2.26. The fourth-order valence-electron chi connectivity index (χ4n) is 2.38. The monoisotopic (exact) mass is 302 g/mol. The summed E-state index contributed by atoms with van der Waals surface area (Å²) in [7, 11) is 1.60. The van der Waals surface area contributed by atoms with Gasteiger partial charge in [0, 0.05) is 23.0 Å². The second-order valence-corrected chi connectivity index (χ2v) is 5.13. The molecule has 0 amide bonds. The van der Waals surface area contributed by atoms with Crippen molar-refractivity contribution in [3.63, 3.8) is 0 Å². The van der Waals surface area contributed by atoms with Gasteiger partial charge in [-0.2, -0.15) is 0 Å². The molecule has 1 aromatic carbocycles. The first kappa shape index (κ1) is 13.7. The van der Waals surface area contributed by atoms with Crippen LogP contribution in [0.2, 0.25) is 5.02 Å². The number of aliphatic imine (C=N–C) groups is 1. The predicted octanol–water partition coefficient (Wildman–Crippen LogP) is 2.62. The van der Waals surface area contributed by atoms with E-state index < -0.39 is 0 Å². The number of halogens is 1. The number of pyridine rings is 1. The normalized spacial score (nSPS) is 17.7. The summed E-state index contributed by atoms with van der Waals surface area (Å²) in [6.07, 6.45) is 1.79. The lowest BCUT2D eigenvalue weighted by atomic mass is 10.1. The molecule has 0 radical (unpaired) electrons. The molecule has 0 fully saturated rings. The molecular weight excluding hydrogens is 288 g/mol. The molecule has 108 valence electrons. The molecule has 2 aromatic rings. The molecule has 6 heteroatoms. The molecule has 1 aliphatic heterocycles. The van der Waals surface area contributed by atoms with Crippen LogP contribution in [0.3, 0.4) is 0 Å². The predicted molar refractivity (Wildman–Crippen MR) is 84.0 cm³/mol. The number of ether oxygens (including phenoxy) is 1. The van der Waals surface area contributed by atoms with Crippen molar-refractivity contribution in [2.45, 2.75) is 6.04 Å². The van der Waals surface area contributed by atoms with E-state index in [0.717, 1.165) is 11.3 Å². The molecule has 3 rings (SSSR count). The molecule has 0 aliphatic carbocycles. The van der Waals surface area contributed by atoms with Crippen LogP contribution in [-0.2, 0) is 0 Å². The molecule has 1 atom stereocenters. The Hall–Kier alpha value is -2.27. The first-order valence-electron chi connectivity index (χ1n) is 6.53. The minimum absolute atomic E-state index is 0.0320. The highest BCUT2D eigenvalue weighted by molar-refractivity contribution is 6.30. The molecule has 5 nitrogen and oxygen atoms in total. The zero-order valence-corrected chi connectivity index (χ0v) is 12.3. The molecule has 2 N–H and O–H groups in total. The Morgan fingerprint density at radius 2 is 2.00 bits per heavy atom. The summed E-state index contributed by atoms with van der Waals surface area (Å²) in [5.41, 5.74) is 8.03. The van der Waals surface area contributed by atoms with E-state index in [1.165, 1.54) is 0 Å². The Kier molecular flexibility index (Phi) is 3.66. The summed E-state index contributed by atoms with van der Waals surface area (Å²) in [6.45, 7) is 0.600. The van der Waals surface area contributed by atoms with E-state index in [1.807, 2.05) is 41.3 Å². The van der Waals surface area contributed by atoms with Crippen LogP contribution in [-0.4, -0.2) is 24.6 Å². The van der Waals surface area contributed by atoms with Gasteiger partial charge in [-0.15, -0.1) is 0 Å². The molecule has 0 bridgehead atoms. The van der Waals surface area contributed by atoms with Crippen LogP contribution in [0.25, 0.3) is 0 Å². The van der Waals surface area contributed by atoms with Crippen molar-refractivity contribution in [3.8, 4) is 5.88 Å². The smallest absolute Gasteiger partial charge is 0.212 e. The fraction of sp³-hybridized carbons (Fsp3) is 0.200. The van der Waals surface area contributed by atoms with E-state index in [-0.39, 0.29) is 6.04 Å². The summed E-state index contributed by atoms with van der Waals surface area (Å²) in [5, 5.41) is 0.691. The molecule has 1 aliphatic rings. The minimum atomic E-state index is 0.0320. The van der Waals surface area contributed by atoms with Gasteiger partial charge in [0.05, 0.1) is 19.7 Å². The Bertz CT molecular complexity index is 654. The first-order chi connectivity index (χ1) is 10.2. The molecule has 0 saturated heterocycles. The van der Waals surface area contributed by atoms with Crippen LogP contribution in [0.1, 0.15) is 11.6 Å². The zero-order valence-electron chi connectivity index (χ0n) is 11.5. The van der Waals surface area contributed by atoms with E-state index >= 15 is 0 Å². The summed E-state index contributed by atoms with van der Waals surface area (Å²) in [5.74, 6) is 1.09. The average Bonchev–Trinajstić information content (AvgIpc) is 2.90. The Morgan fingerprint density at radius 1 is 1.24 bits per heavy atom. The Morgan fingerprint density at radius 3 is 2.62 bits per heavy atom. The standard InChI is InChI=1S/C15H15ClN4O/c1-21-14-7-2-10(8-18-14)13-9-19-15(17)20(13)12-5-3-11(16)4-6-12/h2-8,13H,9H2,1H3,(H2,17,19). The molecule has 1 aromatic heterocycles. The van der Waals surface area contributed by atoms with E-state index in [2.05, 4.69) is 9.98 Å². The number of benzene rings is 1. The summed E-state index contributed by atoms with van der Waals surface area (Å²) >= 11 is 5.94. The summed E-state index contributed by atoms with van der Waals surface area (Å²) in [6, 6.07) is 11.4. The number of nitrogens with zero attached hydrogens (tertiary/aromatic N) is 3. The van der Waals surface area contributed by atoms with Gasteiger partial charge in [0.15, 0.2) is 5.96 Å². The van der Waals surface area contributed by atoms with Crippen LogP contribution in [0.15, 0.2) is 47.6 Å².